The molecule has 0 spiro atoms. The molecule has 0 saturated carbocycles. The first-order chi connectivity index (χ1) is 11.1. The largest absolute Gasteiger partial charge is 0.484 e. The van der Waals surface area contributed by atoms with E-state index in [0.717, 1.165) is 16.6 Å². The lowest BCUT2D eigenvalue weighted by Crippen LogP contribution is -2.20. The van der Waals surface area contributed by atoms with Crippen molar-refractivity contribution in [2.45, 2.75) is 6.92 Å². The summed E-state index contributed by atoms with van der Waals surface area (Å²) in [6.45, 7) is 1.74. The van der Waals surface area contributed by atoms with Crippen LogP contribution in [0.4, 0.5) is 10.1 Å². The Morgan fingerprint density at radius 3 is 2.70 bits per heavy atom. The fourth-order valence-corrected chi connectivity index (χ4v) is 2.21. The summed E-state index contributed by atoms with van der Waals surface area (Å²) in [4.78, 5) is 16.5. The molecule has 0 atom stereocenters. The number of nitrogens with one attached hydrogen (secondary N) is 1. The van der Waals surface area contributed by atoms with E-state index in [9.17, 15) is 9.18 Å². The van der Waals surface area contributed by atoms with E-state index in [1.165, 1.54) is 24.3 Å². The maximum absolute atomic E-state index is 12.8. The molecule has 5 heteroatoms. The quantitative estimate of drug-likeness (QED) is 0.799. The summed E-state index contributed by atoms with van der Waals surface area (Å²) in [7, 11) is 0. The molecule has 1 amide bonds. The zero-order valence-corrected chi connectivity index (χ0v) is 12.5. The highest BCUT2D eigenvalue weighted by atomic mass is 19.1. The van der Waals surface area contributed by atoms with Crippen LogP contribution < -0.4 is 10.1 Å². The standard InChI is InChI=1S/C18H15FN2O2/c1-12-5-6-13-3-2-4-16(18(13)20-12)21-17(22)11-23-15-9-7-14(19)8-10-15/h2-10H,11H2,1H3,(H,21,22). The molecule has 3 aromatic rings. The highest BCUT2D eigenvalue weighted by Crippen LogP contribution is 2.21. The van der Waals surface area contributed by atoms with Crippen molar-refractivity contribution in [3.63, 3.8) is 0 Å². The van der Waals surface area contributed by atoms with E-state index >= 15 is 0 Å². The molecular weight excluding hydrogens is 295 g/mol. The lowest BCUT2D eigenvalue weighted by Gasteiger charge is -2.10. The van der Waals surface area contributed by atoms with Crippen LogP contribution in [0, 0.1) is 12.7 Å². The molecule has 0 bridgehead atoms. The number of para-hydroxylation sites is 1. The Balaban J connectivity index is 1.70. The molecule has 1 N–H and O–H groups in total. The molecule has 0 aliphatic rings. The van der Waals surface area contributed by atoms with Gasteiger partial charge in [0.2, 0.25) is 0 Å². The average molecular weight is 310 g/mol. The van der Waals surface area contributed by atoms with Crippen LogP contribution >= 0.6 is 0 Å². The summed E-state index contributed by atoms with van der Waals surface area (Å²) < 4.78 is 18.1. The van der Waals surface area contributed by atoms with Crippen LogP contribution in [0.1, 0.15) is 5.69 Å². The van der Waals surface area contributed by atoms with E-state index in [0.29, 0.717) is 11.4 Å². The number of nitrogens with zero attached hydrogens (tertiary/aromatic N) is 1. The number of halogens is 1. The van der Waals surface area contributed by atoms with Gasteiger partial charge in [-0.2, -0.15) is 0 Å². The van der Waals surface area contributed by atoms with Crippen molar-refractivity contribution in [3.05, 3.63) is 66.1 Å². The maximum atomic E-state index is 12.8. The number of aromatic nitrogens is 1. The molecule has 1 aromatic heterocycles. The van der Waals surface area contributed by atoms with Gasteiger partial charge in [0.15, 0.2) is 6.61 Å². The predicted molar refractivity (Wildman–Crippen MR) is 87.0 cm³/mol. The fraction of sp³-hybridized carbons (Fsp3) is 0.111. The molecule has 0 aliphatic heterocycles. The third-order valence-corrected chi connectivity index (χ3v) is 3.32. The van der Waals surface area contributed by atoms with E-state index in [-0.39, 0.29) is 18.3 Å². The topological polar surface area (TPSA) is 51.2 Å². The molecular formula is C18H15FN2O2. The SMILES string of the molecule is Cc1ccc2cccc(NC(=O)COc3ccc(F)cc3)c2n1. The van der Waals surface area contributed by atoms with Gasteiger partial charge < -0.3 is 10.1 Å². The summed E-state index contributed by atoms with van der Waals surface area (Å²) in [5.74, 6) is -0.211. The van der Waals surface area contributed by atoms with E-state index in [2.05, 4.69) is 10.3 Å². The number of fused-ring (bicyclic) bond motifs is 1. The van der Waals surface area contributed by atoms with Crippen LogP contribution in [-0.2, 0) is 4.79 Å². The Morgan fingerprint density at radius 1 is 1.13 bits per heavy atom. The van der Waals surface area contributed by atoms with Crippen molar-refractivity contribution < 1.29 is 13.9 Å². The Kier molecular flexibility index (Phi) is 4.19. The van der Waals surface area contributed by atoms with Crippen molar-refractivity contribution in [2.24, 2.45) is 0 Å². The van der Waals surface area contributed by atoms with Crippen molar-refractivity contribution in [2.75, 3.05) is 11.9 Å². The minimum absolute atomic E-state index is 0.159. The lowest BCUT2D eigenvalue weighted by atomic mass is 10.1. The van der Waals surface area contributed by atoms with Gasteiger partial charge in [0.05, 0.1) is 11.2 Å². The highest BCUT2D eigenvalue weighted by molar-refractivity contribution is 6.00. The molecule has 2 aromatic carbocycles. The van der Waals surface area contributed by atoms with Crippen molar-refractivity contribution in [3.8, 4) is 5.75 Å². The number of carbonyl (C=O) groups is 1. The summed E-state index contributed by atoms with van der Waals surface area (Å²) >= 11 is 0. The number of benzene rings is 2. The summed E-state index contributed by atoms with van der Waals surface area (Å²) in [5, 5.41) is 3.74. The first-order valence-corrected chi connectivity index (χ1v) is 7.16. The van der Waals surface area contributed by atoms with Crippen LogP contribution in [0.5, 0.6) is 5.75 Å². The molecule has 0 radical (unpaired) electrons. The normalized spacial score (nSPS) is 10.5. The van der Waals surface area contributed by atoms with E-state index in [4.69, 9.17) is 4.74 Å². The van der Waals surface area contributed by atoms with Gasteiger partial charge in [0, 0.05) is 11.1 Å². The predicted octanol–water partition coefficient (Wildman–Crippen LogP) is 3.70. The Hall–Kier alpha value is -2.95. The van der Waals surface area contributed by atoms with Gasteiger partial charge in [-0.3, -0.25) is 9.78 Å². The molecule has 0 unspecified atom stereocenters. The number of pyridine rings is 1. The molecule has 116 valence electrons. The molecule has 23 heavy (non-hydrogen) atoms. The van der Waals surface area contributed by atoms with Gasteiger partial charge in [-0.15, -0.1) is 0 Å². The summed E-state index contributed by atoms with van der Waals surface area (Å²) in [5.41, 5.74) is 2.25. The second-order valence-electron chi connectivity index (χ2n) is 5.12. The number of ether oxygens (including phenoxy) is 1. The molecule has 0 fully saturated rings. The lowest BCUT2D eigenvalue weighted by molar-refractivity contribution is -0.118. The van der Waals surface area contributed by atoms with Gasteiger partial charge in [0.25, 0.3) is 5.91 Å². The second kappa shape index (κ2) is 6.44. The Bertz CT molecular complexity index is 847. The molecule has 3 rings (SSSR count). The first kappa shape index (κ1) is 15.0. The van der Waals surface area contributed by atoms with Gasteiger partial charge in [-0.05, 0) is 43.3 Å². The van der Waals surface area contributed by atoms with Crippen molar-refractivity contribution >= 4 is 22.5 Å². The van der Waals surface area contributed by atoms with Gasteiger partial charge in [-0.1, -0.05) is 18.2 Å². The molecule has 0 aliphatic carbocycles. The maximum Gasteiger partial charge on any atom is 0.262 e. The van der Waals surface area contributed by atoms with Crippen LogP contribution in [0.15, 0.2) is 54.6 Å². The highest BCUT2D eigenvalue weighted by Gasteiger charge is 2.08. The number of anilines is 1. The van der Waals surface area contributed by atoms with Gasteiger partial charge in [-0.25, -0.2) is 4.39 Å². The van der Waals surface area contributed by atoms with Crippen molar-refractivity contribution in [1.82, 2.24) is 4.98 Å². The smallest absolute Gasteiger partial charge is 0.262 e. The van der Waals surface area contributed by atoms with E-state index in [1.54, 1.807) is 6.07 Å². The first-order valence-electron chi connectivity index (χ1n) is 7.16. The number of amides is 1. The number of hydrogen-bond acceptors (Lipinski definition) is 3. The third-order valence-electron chi connectivity index (χ3n) is 3.32. The van der Waals surface area contributed by atoms with Crippen LogP contribution in [0.2, 0.25) is 0 Å². The molecule has 1 heterocycles. The zero-order valence-electron chi connectivity index (χ0n) is 12.5. The number of aryl methyl sites for hydroxylation is 1. The van der Waals surface area contributed by atoms with Gasteiger partial charge >= 0.3 is 0 Å². The van der Waals surface area contributed by atoms with Gasteiger partial charge in [0.1, 0.15) is 11.6 Å². The summed E-state index contributed by atoms with van der Waals surface area (Å²) in [6, 6.07) is 15.0. The van der Waals surface area contributed by atoms with Crippen molar-refractivity contribution in [1.29, 1.82) is 0 Å². The molecule has 4 nitrogen and oxygen atoms in total. The molecule has 0 saturated heterocycles. The Labute approximate surface area is 132 Å². The summed E-state index contributed by atoms with van der Waals surface area (Å²) in [6.07, 6.45) is 0. The zero-order chi connectivity index (χ0) is 16.2. The number of rotatable bonds is 4. The Morgan fingerprint density at radius 2 is 1.91 bits per heavy atom. The van der Waals surface area contributed by atoms with E-state index < -0.39 is 0 Å². The minimum Gasteiger partial charge on any atom is -0.484 e. The second-order valence-corrected chi connectivity index (χ2v) is 5.12. The van der Waals surface area contributed by atoms with Crippen LogP contribution in [-0.4, -0.2) is 17.5 Å². The number of hydrogen-bond donors (Lipinski definition) is 1. The van der Waals surface area contributed by atoms with E-state index in [1.807, 2.05) is 31.2 Å². The van der Waals surface area contributed by atoms with Crippen LogP contribution in [0.25, 0.3) is 10.9 Å². The van der Waals surface area contributed by atoms with Crippen LogP contribution in [0.3, 0.4) is 0 Å². The average Bonchev–Trinajstić information content (AvgIpc) is 2.55. The minimum atomic E-state index is -0.348. The fourth-order valence-electron chi connectivity index (χ4n) is 2.21. The monoisotopic (exact) mass is 310 g/mol. The number of carbonyl (C=O) groups excluding carboxylic acids is 1. The third kappa shape index (κ3) is 3.63.